The Morgan fingerprint density at radius 3 is 2.48 bits per heavy atom. The molecule has 1 aromatic heterocycles. The van der Waals surface area contributed by atoms with Crippen molar-refractivity contribution in [3.8, 4) is 0 Å². The molecule has 25 heavy (non-hydrogen) atoms. The highest BCUT2D eigenvalue weighted by atomic mass is 19.1. The maximum absolute atomic E-state index is 14.1. The zero-order valence-electron chi connectivity index (χ0n) is 13.2. The third-order valence-electron chi connectivity index (χ3n) is 4.41. The topological polar surface area (TPSA) is 48.0 Å². The molecule has 0 aliphatic carbocycles. The first kappa shape index (κ1) is 15.3. The van der Waals surface area contributed by atoms with Crippen LogP contribution in [0.25, 0.3) is 21.8 Å². The van der Waals surface area contributed by atoms with Crippen molar-refractivity contribution >= 4 is 27.7 Å². The number of benzene rings is 3. The predicted molar refractivity (Wildman–Crippen MR) is 93.4 cm³/mol. The first-order chi connectivity index (χ1) is 12.1. The van der Waals surface area contributed by atoms with Crippen LogP contribution in [0.3, 0.4) is 0 Å². The highest BCUT2D eigenvalue weighted by Gasteiger charge is 2.17. The molecule has 0 aliphatic rings. The van der Waals surface area contributed by atoms with E-state index < -0.39 is 17.5 Å². The second kappa shape index (κ2) is 5.70. The minimum Gasteiger partial charge on any atom is -0.366 e. The molecular formula is C20H14F2N2O. The summed E-state index contributed by atoms with van der Waals surface area (Å²) in [5, 5.41) is 1.61. The Balaban J connectivity index is 2.02. The van der Waals surface area contributed by atoms with Crippen LogP contribution in [-0.2, 0) is 6.54 Å². The largest absolute Gasteiger partial charge is 0.366 e. The molecule has 0 radical (unpaired) electrons. The highest BCUT2D eigenvalue weighted by Crippen LogP contribution is 2.32. The standard InChI is InChI=1S/C20H14F2N2O/c21-13-9-8-12(16(22)10-13)11-24-17-6-2-1-4-14(17)19-15(20(23)25)5-3-7-18(19)24/h1-10H,11H2,(H2,23,25). The van der Waals surface area contributed by atoms with Crippen LogP contribution in [0.2, 0.25) is 0 Å². The number of nitrogens with two attached hydrogens (primary N) is 1. The van der Waals surface area contributed by atoms with Crippen LogP contribution in [-0.4, -0.2) is 10.5 Å². The minimum absolute atomic E-state index is 0.221. The Labute approximate surface area is 142 Å². The average molecular weight is 336 g/mol. The number of carbonyl (C=O) groups excluding carboxylic acids is 1. The first-order valence-electron chi connectivity index (χ1n) is 7.80. The molecule has 0 aliphatic heterocycles. The van der Waals surface area contributed by atoms with Crippen LogP contribution in [0.5, 0.6) is 0 Å². The number of para-hydroxylation sites is 1. The number of nitrogens with zero attached hydrogens (tertiary/aromatic N) is 1. The molecular weight excluding hydrogens is 322 g/mol. The number of hydrogen-bond acceptors (Lipinski definition) is 1. The van der Waals surface area contributed by atoms with E-state index in [1.54, 1.807) is 12.1 Å². The molecule has 0 atom stereocenters. The number of rotatable bonds is 3. The van der Waals surface area contributed by atoms with E-state index in [2.05, 4.69) is 0 Å². The molecule has 0 fully saturated rings. The fourth-order valence-corrected chi connectivity index (χ4v) is 3.29. The van der Waals surface area contributed by atoms with Gasteiger partial charge in [-0.15, -0.1) is 0 Å². The van der Waals surface area contributed by atoms with Gasteiger partial charge in [0.2, 0.25) is 5.91 Å². The van der Waals surface area contributed by atoms with Crippen molar-refractivity contribution in [2.45, 2.75) is 6.54 Å². The molecule has 0 bridgehead atoms. The van der Waals surface area contributed by atoms with E-state index in [1.165, 1.54) is 12.1 Å². The predicted octanol–water partition coefficient (Wildman–Crippen LogP) is 4.22. The lowest BCUT2D eigenvalue weighted by Gasteiger charge is -2.09. The van der Waals surface area contributed by atoms with E-state index in [-0.39, 0.29) is 6.54 Å². The monoisotopic (exact) mass is 336 g/mol. The van der Waals surface area contributed by atoms with Crippen molar-refractivity contribution < 1.29 is 13.6 Å². The van der Waals surface area contributed by atoms with E-state index in [0.717, 1.165) is 27.9 Å². The van der Waals surface area contributed by atoms with Gasteiger partial charge in [-0.2, -0.15) is 0 Å². The normalized spacial score (nSPS) is 11.3. The summed E-state index contributed by atoms with van der Waals surface area (Å²) in [4.78, 5) is 11.8. The molecule has 4 rings (SSSR count). The fourth-order valence-electron chi connectivity index (χ4n) is 3.29. The maximum atomic E-state index is 14.1. The number of primary amides is 1. The Hall–Kier alpha value is -3.21. The second-order valence-corrected chi connectivity index (χ2v) is 5.90. The van der Waals surface area contributed by atoms with Gasteiger partial charge in [0.1, 0.15) is 11.6 Å². The Morgan fingerprint density at radius 2 is 1.72 bits per heavy atom. The van der Waals surface area contributed by atoms with Crippen LogP contribution >= 0.6 is 0 Å². The number of hydrogen-bond donors (Lipinski definition) is 1. The summed E-state index contributed by atoms with van der Waals surface area (Å²) in [5.74, 6) is -1.72. The Morgan fingerprint density at radius 1 is 0.960 bits per heavy atom. The van der Waals surface area contributed by atoms with E-state index in [4.69, 9.17) is 5.73 Å². The molecule has 4 aromatic rings. The summed E-state index contributed by atoms with van der Waals surface area (Å²) in [5.41, 5.74) is 7.95. The van der Waals surface area contributed by atoms with E-state index in [9.17, 15) is 13.6 Å². The van der Waals surface area contributed by atoms with Crippen LogP contribution in [0.15, 0.2) is 60.7 Å². The highest BCUT2D eigenvalue weighted by molar-refractivity contribution is 6.17. The summed E-state index contributed by atoms with van der Waals surface area (Å²) in [7, 11) is 0. The Kier molecular flexibility index (Phi) is 3.50. The summed E-state index contributed by atoms with van der Waals surface area (Å²) in [6.07, 6.45) is 0. The number of fused-ring (bicyclic) bond motifs is 3. The Bertz CT molecular complexity index is 1130. The fraction of sp³-hybridized carbons (Fsp3) is 0.0500. The van der Waals surface area contributed by atoms with E-state index in [1.807, 2.05) is 34.9 Å². The molecule has 0 spiro atoms. The summed E-state index contributed by atoms with van der Waals surface area (Å²) < 4.78 is 29.2. The molecule has 0 saturated heterocycles. The van der Waals surface area contributed by atoms with Gasteiger partial charge >= 0.3 is 0 Å². The maximum Gasteiger partial charge on any atom is 0.249 e. The first-order valence-corrected chi connectivity index (χ1v) is 7.80. The smallest absolute Gasteiger partial charge is 0.249 e. The third-order valence-corrected chi connectivity index (χ3v) is 4.41. The van der Waals surface area contributed by atoms with Crippen LogP contribution in [0, 0.1) is 11.6 Å². The molecule has 3 aromatic carbocycles. The molecule has 1 heterocycles. The number of carbonyl (C=O) groups is 1. The van der Waals surface area contributed by atoms with Crippen molar-refractivity contribution in [2.75, 3.05) is 0 Å². The molecule has 5 heteroatoms. The zero-order valence-corrected chi connectivity index (χ0v) is 13.2. The third kappa shape index (κ3) is 2.45. The van der Waals surface area contributed by atoms with E-state index in [0.29, 0.717) is 11.1 Å². The van der Waals surface area contributed by atoms with Gasteiger partial charge in [0.15, 0.2) is 0 Å². The van der Waals surface area contributed by atoms with Crippen LogP contribution in [0.1, 0.15) is 15.9 Å². The van der Waals surface area contributed by atoms with Gasteiger partial charge < -0.3 is 10.3 Å². The SMILES string of the molecule is NC(=O)c1cccc2c1c1ccccc1n2Cc1ccc(F)cc1F. The molecule has 0 saturated carbocycles. The van der Waals surface area contributed by atoms with Crippen molar-refractivity contribution in [3.05, 3.63) is 83.4 Å². The second-order valence-electron chi connectivity index (χ2n) is 5.90. The van der Waals surface area contributed by atoms with Gasteiger partial charge in [0.25, 0.3) is 0 Å². The van der Waals surface area contributed by atoms with E-state index >= 15 is 0 Å². The van der Waals surface area contributed by atoms with Crippen LogP contribution in [0.4, 0.5) is 8.78 Å². The van der Waals surface area contributed by atoms with Crippen molar-refractivity contribution in [3.63, 3.8) is 0 Å². The molecule has 3 nitrogen and oxygen atoms in total. The van der Waals surface area contributed by atoms with Gasteiger partial charge in [0, 0.05) is 33.5 Å². The molecule has 124 valence electrons. The van der Waals surface area contributed by atoms with Gasteiger partial charge in [-0.25, -0.2) is 8.78 Å². The minimum atomic E-state index is -0.612. The lowest BCUT2D eigenvalue weighted by molar-refractivity contribution is 0.100. The number of aromatic nitrogens is 1. The molecule has 0 unspecified atom stereocenters. The quantitative estimate of drug-likeness (QED) is 0.598. The summed E-state index contributed by atoms with van der Waals surface area (Å²) in [6, 6.07) is 16.4. The number of halogens is 2. The van der Waals surface area contributed by atoms with Gasteiger partial charge in [-0.05, 0) is 24.3 Å². The van der Waals surface area contributed by atoms with Gasteiger partial charge in [-0.3, -0.25) is 4.79 Å². The average Bonchev–Trinajstić information content (AvgIpc) is 2.91. The van der Waals surface area contributed by atoms with Gasteiger partial charge in [-0.1, -0.05) is 30.3 Å². The van der Waals surface area contributed by atoms with Crippen molar-refractivity contribution in [1.29, 1.82) is 0 Å². The molecule has 2 N–H and O–H groups in total. The lowest BCUT2D eigenvalue weighted by Crippen LogP contribution is -2.11. The summed E-state index contributed by atoms with van der Waals surface area (Å²) in [6.45, 7) is 0.221. The number of amides is 1. The van der Waals surface area contributed by atoms with Crippen LogP contribution < -0.4 is 5.73 Å². The molecule has 1 amide bonds. The lowest BCUT2D eigenvalue weighted by atomic mass is 10.1. The zero-order chi connectivity index (χ0) is 17.6. The van der Waals surface area contributed by atoms with Crippen molar-refractivity contribution in [2.24, 2.45) is 5.73 Å². The summed E-state index contributed by atoms with van der Waals surface area (Å²) >= 11 is 0. The van der Waals surface area contributed by atoms with Crippen molar-refractivity contribution in [1.82, 2.24) is 4.57 Å². The van der Waals surface area contributed by atoms with Gasteiger partial charge in [0.05, 0.1) is 12.1 Å².